The lowest BCUT2D eigenvalue weighted by Gasteiger charge is -2.30. The Morgan fingerprint density at radius 2 is 1.16 bits per heavy atom. The standard InChI is InChI=1S/C71H101N23O21S/c1-37(2)28-50(90-67(107)53-13-9-27-92(53)68(108)49(12-8-26-81-71(77)78)85-56(95)29-40-30-59(99)115-55-32-43(114-5)19-20-44(40)55)62(102)83-34-57(96)86-52(36-116-35-39-14-17-42(113-4)18-15-39)66(106)91-51(33-82-45-21-16-41(93(109)110)31-54(45)94(111)112)65(105)84-38(3)61(101)88-47(11-7-25-80-70(75)76)63(103)89-48(22-23-58(97)98)64(104)87-46(60(72)100)10-6-24-79-69(73)74/h14-21,30-32,37-38,46-53,82H,6-13,22-29,33-36H2,1-5H3,(H2,72,100)(H,83,102)(H,84,105)(H,85,95)(H,86,96)(H,87,104)(H,88,101)(H,89,103)(H,90,107)(H,91,106)(H,97,98)(H4,73,74,79)(H4,75,76,80)(H4,77,78,81)/t38-,46-,47-,48-,49-,50-,51-,52-,53-/m0/s1. The molecule has 0 spiro atoms. The highest BCUT2D eigenvalue weighted by molar-refractivity contribution is 7.98. The van der Waals surface area contributed by atoms with E-state index < -0.39 is 190 Å². The minimum atomic E-state index is -1.90. The van der Waals surface area contributed by atoms with Gasteiger partial charge in [-0.2, -0.15) is 11.8 Å². The molecule has 0 unspecified atom stereocenters. The Balaban J connectivity index is 1.40. The Labute approximate surface area is 668 Å². The van der Waals surface area contributed by atoms with Crippen LogP contribution >= 0.6 is 11.8 Å². The summed E-state index contributed by atoms with van der Waals surface area (Å²) in [5.74, 6) is -12.5. The third-order valence-corrected chi connectivity index (χ3v) is 18.9. The molecule has 0 saturated carbocycles. The number of benzene rings is 3. The number of primary amides is 1. The van der Waals surface area contributed by atoms with Gasteiger partial charge in [-0.25, -0.2) is 4.79 Å². The second-order valence-corrected chi connectivity index (χ2v) is 28.2. The molecule has 116 heavy (non-hydrogen) atoms. The Bertz CT molecular complexity index is 4290. The van der Waals surface area contributed by atoms with Crippen LogP contribution in [0, 0.1) is 42.4 Å². The zero-order valence-corrected chi connectivity index (χ0v) is 65.3. The summed E-state index contributed by atoms with van der Waals surface area (Å²) in [7, 11) is 2.88. The van der Waals surface area contributed by atoms with E-state index in [1.54, 1.807) is 50.2 Å². The van der Waals surface area contributed by atoms with Gasteiger partial charge in [-0.3, -0.25) is 94.0 Å². The number of nitrogens with zero attached hydrogens (tertiary/aromatic N) is 3. The van der Waals surface area contributed by atoms with Crippen LogP contribution in [0.25, 0.3) is 11.0 Å². The first kappa shape index (κ1) is 93.5. The lowest BCUT2D eigenvalue weighted by Crippen LogP contribution is -2.60. The van der Waals surface area contributed by atoms with Crippen molar-refractivity contribution in [3.63, 3.8) is 0 Å². The molecule has 11 amide bonds. The van der Waals surface area contributed by atoms with Gasteiger partial charge in [-0.05, 0) is 119 Å². The SMILES string of the molecule is COc1ccc(CSC[C@H](NC(=O)CNC(=O)[C@H](CC(C)C)NC(=O)[C@@H]2CCCN2C(=O)[C@H](CCCNC(=N)N)NC(=O)Cc2cc(=O)oc3cc(OC)ccc23)C(=O)N[C@@H](CNc2ccc([N+](=O)[O-])cc2[N+](=O)[O-])C(=O)N[C@@H](C)C(=O)N[C@@H](CCCNC(=N)N)C(=O)N[C@@H](CCC(=O)O)C(=O)N[C@@H](CCCNC(=N)N)C(N)=O)cc1. The number of non-ortho nitro benzene ring substituents is 1. The highest BCUT2D eigenvalue weighted by atomic mass is 32.2. The largest absolute Gasteiger partial charge is 0.497 e. The monoisotopic (exact) mass is 1640 g/mol. The predicted octanol–water partition coefficient (Wildman–Crippen LogP) is -2.59. The molecule has 0 aliphatic carbocycles. The first-order valence-corrected chi connectivity index (χ1v) is 37.8. The fourth-order valence-electron chi connectivity index (χ4n) is 11.9. The molecule has 0 radical (unpaired) electrons. The van der Waals surface area contributed by atoms with Gasteiger partial charge in [0.2, 0.25) is 65.0 Å². The Hall–Kier alpha value is -13.1. The van der Waals surface area contributed by atoms with Crippen molar-refractivity contribution in [3.8, 4) is 11.5 Å². The molecular weight excluding hydrogens is 1540 g/mol. The maximum atomic E-state index is 14.8. The van der Waals surface area contributed by atoms with Gasteiger partial charge in [0, 0.05) is 74.2 Å². The maximum absolute atomic E-state index is 14.8. The number of likely N-dealkylation sites (tertiary alicyclic amines) is 1. The van der Waals surface area contributed by atoms with E-state index in [0.717, 1.165) is 36.9 Å². The van der Waals surface area contributed by atoms with Crippen LogP contribution in [-0.2, 0) is 69.7 Å². The topological polar surface area (TPSA) is 695 Å². The normalized spacial score (nSPS) is 14.3. The average molecular weight is 1640 g/mol. The molecule has 25 N–H and O–H groups in total. The van der Waals surface area contributed by atoms with Crippen LogP contribution in [0.5, 0.6) is 11.5 Å². The number of rotatable bonds is 49. The molecule has 1 saturated heterocycles. The number of thioether (sulfide) groups is 1. The van der Waals surface area contributed by atoms with Crippen LogP contribution in [0.15, 0.2) is 75.9 Å². The van der Waals surface area contributed by atoms with Crippen LogP contribution in [0.2, 0.25) is 0 Å². The molecule has 44 nitrogen and oxygen atoms in total. The van der Waals surface area contributed by atoms with E-state index in [-0.39, 0.29) is 124 Å². The summed E-state index contributed by atoms with van der Waals surface area (Å²) in [4.78, 5) is 203. The van der Waals surface area contributed by atoms with Gasteiger partial charge < -0.3 is 116 Å². The molecule has 1 fully saturated rings. The van der Waals surface area contributed by atoms with Crippen molar-refractivity contribution in [2.75, 3.05) is 64.6 Å². The van der Waals surface area contributed by atoms with Gasteiger partial charge >= 0.3 is 11.6 Å². The number of hydrogen-bond donors (Lipinski definition) is 21. The number of nitrogens with one attached hydrogen (secondary N) is 16. The Morgan fingerprint density at radius 3 is 1.74 bits per heavy atom. The van der Waals surface area contributed by atoms with E-state index in [1.165, 1.54) is 25.2 Å². The van der Waals surface area contributed by atoms with Crippen molar-refractivity contribution in [1.29, 1.82) is 16.2 Å². The number of carbonyl (C=O) groups excluding carboxylic acids is 11. The Morgan fingerprint density at radius 1 is 0.612 bits per heavy atom. The van der Waals surface area contributed by atoms with Crippen LogP contribution in [0.3, 0.4) is 0 Å². The van der Waals surface area contributed by atoms with Crippen molar-refractivity contribution in [1.82, 2.24) is 68.7 Å². The number of carboxylic acid groups (broad SMARTS) is 1. The molecular formula is C71H101N23O21S. The van der Waals surface area contributed by atoms with Crippen molar-refractivity contribution in [2.45, 2.75) is 158 Å². The summed E-state index contributed by atoms with van der Waals surface area (Å²) < 4.78 is 15.9. The van der Waals surface area contributed by atoms with Gasteiger partial charge in [0.1, 0.15) is 77.1 Å². The number of nitro benzene ring substituents is 2. The van der Waals surface area contributed by atoms with E-state index in [4.69, 9.17) is 53.1 Å². The fraction of sp³-hybridized carbons (Fsp3) is 0.493. The number of carboxylic acids is 1. The number of nitro groups is 2. The molecule has 1 aromatic heterocycles. The number of ether oxygens (including phenoxy) is 2. The third-order valence-electron chi connectivity index (χ3n) is 17.8. The smallest absolute Gasteiger partial charge is 0.336 e. The zero-order valence-electron chi connectivity index (χ0n) is 64.4. The van der Waals surface area contributed by atoms with Crippen molar-refractivity contribution >= 4 is 129 Å². The van der Waals surface area contributed by atoms with Gasteiger partial charge in [-0.15, -0.1) is 0 Å². The second kappa shape index (κ2) is 46.8. The first-order chi connectivity index (χ1) is 55.0. The van der Waals surface area contributed by atoms with E-state index in [2.05, 4.69) is 69.1 Å². The van der Waals surface area contributed by atoms with Crippen LogP contribution in [0.1, 0.15) is 103 Å². The summed E-state index contributed by atoms with van der Waals surface area (Å²) in [5, 5.41) is 89.5. The van der Waals surface area contributed by atoms with E-state index in [1.807, 2.05) is 0 Å². The number of nitrogens with two attached hydrogens (primary N) is 4. The minimum absolute atomic E-state index is 0.00103. The average Bonchev–Trinajstić information content (AvgIpc) is 1.33. The quantitative estimate of drug-likeness (QED) is 0.00539. The van der Waals surface area contributed by atoms with Crippen molar-refractivity contribution in [2.24, 2.45) is 28.9 Å². The molecule has 0 bridgehead atoms. The van der Waals surface area contributed by atoms with Gasteiger partial charge in [0.25, 0.3) is 11.4 Å². The number of hydrogen-bond acceptors (Lipinski definition) is 25. The molecule has 45 heteroatoms. The van der Waals surface area contributed by atoms with Gasteiger partial charge in [-0.1, -0.05) is 26.0 Å². The summed E-state index contributed by atoms with van der Waals surface area (Å²) in [6.45, 7) is 3.23. The number of anilines is 1. The summed E-state index contributed by atoms with van der Waals surface area (Å²) in [6, 6.07) is 1.49. The maximum Gasteiger partial charge on any atom is 0.336 e. The number of aliphatic carboxylic acids is 1. The highest BCUT2D eigenvalue weighted by Gasteiger charge is 2.40. The minimum Gasteiger partial charge on any atom is -0.497 e. The molecule has 2 heterocycles. The molecule has 632 valence electrons. The number of fused-ring (bicyclic) bond motifs is 1. The number of guanidine groups is 3. The zero-order chi connectivity index (χ0) is 85.9. The Kier molecular flexibility index (Phi) is 37.7. The lowest BCUT2D eigenvalue weighted by atomic mass is 10.0. The van der Waals surface area contributed by atoms with Crippen LogP contribution < -0.4 is 107 Å². The molecule has 4 aromatic rings. The number of carbonyl (C=O) groups is 12. The molecule has 5 rings (SSSR count). The van der Waals surface area contributed by atoms with Crippen molar-refractivity contribution in [3.05, 3.63) is 109 Å². The van der Waals surface area contributed by atoms with Crippen molar-refractivity contribution < 1.29 is 86.4 Å². The van der Waals surface area contributed by atoms with E-state index >= 15 is 0 Å². The van der Waals surface area contributed by atoms with Crippen LogP contribution in [0.4, 0.5) is 17.1 Å². The molecule has 1 aliphatic heterocycles. The summed E-state index contributed by atoms with van der Waals surface area (Å²) >= 11 is 1.11. The summed E-state index contributed by atoms with van der Waals surface area (Å²) in [5.41, 5.74) is 20.3. The second-order valence-electron chi connectivity index (χ2n) is 27.2. The molecule has 3 aromatic carbocycles. The lowest BCUT2D eigenvalue weighted by molar-refractivity contribution is -0.393. The van der Waals surface area contributed by atoms with Crippen LogP contribution in [-0.4, -0.2) is 222 Å². The predicted molar refractivity (Wildman–Crippen MR) is 422 cm³/mol. The number of methoxy groups -OCH3 is 2. The van der Waals surface area contributed by atoms with Gasteiger partial charge in [0.05, 0.1) is 43.1 Å². The van der Waals surface area contributed by atoms with E-state index in [0.29, 0.717) is 34.9 Å². The fourth-order valence-corrected chi connectivity index (χ4v) is 12.9. The number of amides is 11. The third kappa shape index (κ3) is 31.4. The summed E-state index contributed by atoms with van der Waals surface area (Å²) in [6.07, 6.45) is -1.19. The highest BCUT2D eigenvalue weighted by Crippen LogP contribution is 2.30. The van der Waals surface area contributed by atoms with E-state index in [9.17, 15) is 87.7 Å². The molecule has 9 atom stereocenters. The molecule has 1 aliphatic rings. The van der Waals surface area contributed by atoms with Gasteiger partial charge in [0.15, 0.2) is 17.9 Å². The first-order valence-electron chi connectivity index (χ1n) is 36.7.